The van der Waals surface area contributed by atoms with Crippen molar-refractivity contribution in [2.75, 3.05) is 0 Å². The molecule has 0 radical (unpaired) electrons. The zero-order chi connectivity index (χ0) is 13.2. The lowest BCUT2D eigenvalue weighted by Crippen LogP contribution is -2.50. The predicted octanol–water partition coefficient (Wildman–Crippen LogP) is 2.27. The molecule has 0 saturated heterocycles. The van der Waals surface area contributed by atoms with Crippen LogP contribution in [0.3, 0.4) is 0 Å². The molecular formula is C14H19FN2O. The Kier molecular flexibility index (Phi) is 3.66. The molecule has 0 unspecified atom stereocenters. The average molecular weight is 250 g/mol. The smallest absolute Gasteiger partial charge is 0.222 e. The van der Waals surface area contributed by atoms with Crippen LogP contribution in [-0.4, -0.2) is 11.4 Å². The number of carbonyl (C=O) groups excluding carboxylic acids is 1. The Balaban J connectivity index is 1.90. The number of rotatable bonds is 4. The molecule has 18 heavy (non-hydrogen) atoms. The number of amides is 1. The molecule has 1 aromatic rings. The summed E-state index contributed by atoms with van der Waals surface area (Å²) >= 11 is 0. The molecule has 0 heterocycles. The third kappa shape index (κ3) is 3.07. The normalized spacial score (nSPS) is 18.8. The van der Waals surface area contributed by atoms with E-state index in [2.05, 4.69) is 5.32 Å². The third-order valence-corrected chi connectivity index (χ3v) is 3.59. The molecule has 1 aromatic carbocycles. The number of carbonyl (C=O) groups is 1. The van der Waals surface area contributed by atoms with Crippen LogP contribution in [0.15, 0.2) is 24.3 Å². The second kappa shape index (κ2) is 5.06. The summed E-state index contributed by atoms with van der Waals surface area (Å²) < 4.78 is 13.1. The van der Waals surface area contributed by atoms with Gasteiger partial charge in [0.25, 0.3) is 0 Å². The Labute approximate surface area is 107 Å². The maximum atomic E-state index is 13.1. The second-order valence-electron chi connectivity index (χ2n) is 5.24. The number of nitrogens with one attached hydrogen (secondary N) is 1. The predicted molar refractivity (Wildman–Crippen MR) is 68.3 cm³/mol. The van der Waals surface area contributed by atoms with Crippen LogP contribution in [0.4, 0.5) is 4.39 Å². The minimum atomic E-state index is -0.314. The number of hydrogen-bond acceptors (Lipinski definition) is 2. The van der Waals surface area contributed by atoms with Crippen LogP contribution >= 0.6 is 0 Å². The van der Waals surface area contributed by atoms with Crippen LogP contribution in [0.25, 0.3) is 0 Å². The van der Waals surface area contributed by atoms with Crippen molar-refractivity contribution >= 4 is 5.91 Å². The standard InChI is InChI=1S/C14H19FN2O/c1-10(11-4-2-5-12(15)8-11)17-13(18)9-14(16)6-3-7-14/h2,4-5,8,10H,3,6-7,9,16H2,1H3,(H,17,18)/t10-/m0/s1. The van der Waals surface area contributed by atoms with Gasteiger partial charge >= 0.3 is 0 Å². The summed E-state index contributed by atoms with van der Waals surface area (Å²) in [7, 11) is 0. The summed E-state index contributed by atoms with van der Waals surface area (Å²) in [6, 6.07) is 6.07. The SMILES string of the molecule is C[C@H](NC(=O)CC1(N)CCC1)c1cccc(F)c1. The molecule has 3 nitrogen and oxygen atoms in total. The highest BCUT2D eigenvalue weighted by Gasteiger charge is 2.34. The summed E-state index contributed by atoms with van der Waals surface area (Å²) in [6.07, 6.45) is 3.28. The Hall–Kier alpha value is -1.42. The van der Waals surface area contributed by atoms with E-state index in [4.69, 9.17) is 5.73 Å². The minimum absolute atomic E-state index is 0.0611. The van der Waals surface area contributed by atoms with E-state index in [-0.39, 0.29) is 23.3 Å². The first-order valence-electron chi connectivity index (χ1n) is 6.32. The van der Waals surface area contributed by atoms with E-state index in [1.165, 1.54) is 12.1 Å². The van der Waals surface area contributed by atoms with Crippen LogP contribution in [-0.2, 0) is 4.79 Å². The molecule has 1 atom stereocenters. The highest BCUT2D eigenvalue weighted by molar-refractivity contribution is 5.77. The Morgan fingerprint density at radius 2 is 2.28 bits per heavy atom. The van der Waals surface area contributed by atoms with Crippen LogP contribution in [0, 0.1) is 5.82 Å². The van der Waals surface area contributed by atoms with E-state index in [0.717, 1.165) is 24.8 Å². The van der Waals surface area contributed by atoms with Gasteiger partial charge in [-0.1, -0.05) is 12.1 Å². The monoisotopic (exact) mass is 250 g/mol. The van der Waals surface area contributed by atoms with Crippen molar-refractivity contribution in [3.05, 3.63) is 35.6 Å². The van der Waals surface area contributed by atoms with Gasteiger partial charge in [0, 0.05) is 12.0 Å². The fraction of sp³-hybridized carbons (Fsp3) is 0.500. The summed E-state index contributed by atoms with van der Waals surface area (Å²) in [4.78, 5) is 11.8. The molecular weight excluding hydrogens is 231 g/mol. The van der Waals surface area contributed by atoms with Crippen molar-refractivity contribution in [1.82, 2.24) is 5.32 Å². The fourth-order valence-electron chi connectivity index (χ4n) is 2.28. The van der Waals surface area contributed by atoms with Gasteiger partial charge in [0.2, 0.25) is 5.91 Å². The lowest BCUT2D eigenvalue weighted by molar-refractivity contribution is -0.123. The van der Waals surface area contributed by atoms with Gasteiger partial charge in [-0.3, -0.25) is 4.79 Å². The van der Waals surface area contributed by atoms with E-state index in [1.807, 2.05) is 6.92 Å². The summed E-state index contributed by atoms with van der Waals surface area (Å²) in [5, 5.41) is 2.86. The van der Waals surface area contributed by atoms with E-state index in [1.54, 1.807) is 12.1 Å². The molecule has 1 aliphatic rings. The number of benzene rings is 1. The van der Waals surface area contributed by atoms with Crippen molar-refractivity contribution in [3.63, 3.8) is 0 Å². The molecule has 0 spiro atoms. The van der Waals surface area contributed by atoms with Gasteiger partial charge in [-0.25, -0.2) is 4.39 Å². The second-order valence-corrected chi connectivity index (χ2v) is 5.24. The fourth-order valence-corrected chi connectivity index (χ4v) is 2.28. The summed E-state index contributed by atoms with van der Waals surface area (Å²) in [5.41, 5.74) is 6.47. The number of hydrogen-bond donors (Lipinski definition) is 2. The molecule has 4 heteroatoms. The number of nitrogens with two attached hydrogens (primary N) is 1. The molecule has 0 aromatic heterocycles. The Morgan fingerprint density at radius 1 is 1.56 bits per heavy atom. The highest BCUT2D eigenvalue weighted by Crippen LogP contribution is 2.32. The quantitative estimate of drug-likeness (QED) is 0.861. The van der Waals surface area contributed by atoms with Gasteiger partial charge in [0.05, 0.1) is 6.04 Å². The Morgan fingerprint density at radius 3 is 2.83 bits per heavy atom. The topological polar surface area (TPSA) is 55.1 Å². The van der Waals surface area contributed by atoms with Crippen LogP contribution in [0.1, 0.15) is 44.2 Å². The van der Waals surface area contributed by atoms with Gasteiger partial charge in [0.15, 0.2) is 0 Å². The average Bonchev–Trinajstić information content (AvgIpc) is 2.26. The molecule has 1 aliphatic carbocycles. The van der Waals surface area contributed by atoms with E-state index in [0.29, 0.717) is 6.42 Å². The first-order valence-corrected chi connectivity index (χ1v) is 6.32. The van der Waals surface area contributed by atoms with Gasteiger partial charge in [0.1, 0.15) is 5.82 Å². The van der Waals surface area contributed by atoms with Crippen molar-refractivity contribution in [3.8, 4) is 0 Å². The first kappa shape index (κ1) is 13.0. The molecule has 1 fully saturated rings. The lowest BCUT2D eigenvalue weighted by atomic mass is 9.75. The van der Waals surface area contributed by atoms with Crippen LogP contribution in [0.5, 0.6) is 0 Å². The van der Waals surface area contributed by atoms with Gasteiger partial charge in [-0.2, -0.15) is 0 Å². The summed E-state index contributed by atoms with van der Waals surface area (Å²) in [6.45, 7) is 1.84. The molecule has 3 N–H and O–H groups in total. The summed E-state index contributed by atoms with van der Waals surface area (Å²) in [5.74, 6) is -0.350. The Bertz CT molecular complexity index is 443. The van der Waals surface area contributed by atoms with Gasteiger partial charge < -0.3 is 11.1 Å². The molecule has 0 bridgehead atoms. The van der Waals surface area contributed by atoms with Crippen LogP contribution in [0.2, 0.25) is 0 Å². The van der Waals surface area contributed by atoms with Crippen molar-refractivity contribution in [2.45, 2.75) is 44.2 Å². The molecule has 1 amide bonds. The van der Waals surface area contributed by atoms with Crippen LogP contribution < -0.4 is 11.1 Å². The largest absolute Gasteiger partial charge is 0.350 e. The molecule has 1 saturated carbocycles. The highest BCUT2D eigenvalue weighted by atomic mass is 19.1. The minimum Gasteiger partial charge on any atom is -0.350 e. The van der Waals surface area contributed by atoms with Crippen molar-refractivity contribution < 1.29 is 9.18 Å². The maximum Gasteiger partial charge on any atom is 0.222 e. The van der Waals surface area contributed by atoms with E-state index >= 15 is 0 Å². The van der Waals surface area contributed by atoms with Crippen molar-refractivity contribution in [2.24, 2.45) is 5.73 Å². The molecule has 2 rings (SSSR count). The molecule has 0 aliphatic heterocycles. The maximum absolute atomic E-state index is 13.1. The van der Waals surface area contributed by atoms with Gasteiger partial charge in [-0.15, -0.1) is 0 Å². The zero-order valence-electron chi connectivity index (χ0n) is 10.6. The third-order valence-electron chi connectivity index (χ3n) is 3.59. The number of halogens is 1. The first-order chi connectivity index (χ1) is 8.48. The van der Waals surface area contributed by atoms with E-state index < -0.39 is 0 Å². The zero-order valence-corrected chi connectivity index (χ0v) is 10.6. The van der Waals surface area contributed by atoms with Crippen molar-refractivity contribution in [1.29, 1.82) is 0 Å². The lowest BCUT2D eigenvalue weighted by Gasteiger charge is -2.37. The molecule has 98 valence electrons. The van der Waals surface area contributed by atoms with Gasteiger partial charge in [-0.05, 0) is 43.9 Å². The van der Waals surface area contributed by atoms with E-state index in [9.17, 15) is 9.18 Å².